The second kappa shape index (κ2) is 5.07. The summed E-state index contributed by atoms with van der Waals surface area (Å²) in [4.78, 5) is 13.1. The van der Waals surface area contributed by atoms with Crippen LogP contribution in [-0.4, -0.2) is 5.78 Å². The topological polar surface area (TPSA) is 17.1 Å². The van der Waals surface area contributed by atoms with Crippen molar-refractivity contribution in [3.05, 3.63) is 22.8 Å². The fourth-order valence-corrected chi connectivity index (χ4v) is 6.77. The molecule has 1 nitrogen and oxygen atoms in total. The van der Waals surface area contributed by atoms with Crippen LogP contribution in [0.4, 0.5) is 0 Å². The van der Waals surface area contributed by atoms with Gasteiger partial charge in [0.1, 0.15) is 0 Å². The highest BCUT2D eigenvalue weighted by Gasteiger charge is 2.59. The lowest BCUT2D eigenvalue weighted by Crippen LogP contribution is -2.49. The van der Waals surface area contributed by atoms with Gasteiger partial charge in [0.25, 0.3) is 0 Å². The summed E-state index contributed by atoms with van der Waals surface area (Å²) in [6.45, 7) is 9.10. The number of rotatable bonds is 0. The van der Waals surface area contributed by atoms with Gasteiger partial charge in [-0.3, -0.25) is 4.79 Å². The first-order valence-corrected chi connectivity index (χ1v) is 9.78. The molecule has 5 atom stereocenters. The van der Waals surface area contributed by atoms with E-state index >= 15 is 0 Å². The summed E-state index contributed by atoms with van der Waals surface area (Å²) in [5.41, 5.74) is 4.57. The lowest BCUT2D eigenvalue weighted by molar-refractivity contribution is -0.129. The van der Waals surface area contributed by atoms with Crippen molar-refractivity contribution >= 4 is 5.78 Å². The number of carbonyl (C=O) groups excluding carboxylic acids is 1. The monoisotopic (exact) mass is 312 g/mol. The molecule has 3 saturated carbocycles. The van der Waals surface area contributed by atoms with Gasteiger partial charge in [-0.1, -0.05) is 37.5 Å². The molecule has 0 spiro atoms. The molecule has 3 fully saturated rings. The van der Waals surface area contributed by atoms with Crippen molar-refractivity contribution in [2.24, 2.45) is 28.6 Å². The lowest BCUT2D eigenvalue weighted by atomic mass is 9.48. The van der Waals surface area contributed by atoms with Gasteiger partial charge in [-0.15, -0.1) is 0 Å². The van der Waals surface area contributed by atoms with Gasteiger partial charge >= 0.3 is 0 Å². The predicted molar refractivity (Wildman–Crippen MR) is 95.1 cm³/mol. The van der Waals surface area contributed by atoms with Crippen molar-refractivity contribution in [2.45, 2.75) is 79.1 Å². The van der Waals surface area contributed by atoms with E-state index in [1.165, 1.54) is 49.7 Å². The zero-order valence-corrected chi connectivity index (χ0v) is 15.4. The molecule has 0 aromatic carbocycles. The molecule has 0 saturated heterocycles. The maximum atomic E-state index is 13.1. The van der Waals surface area contributed by atoms with Gasteiger partial charge in [-0.2, -0.15) is 0 Å². The molecule has 0 aromatic rings. The molecule has 0 aliphatic heterocycles. The Balaban J connectivity index is 1.73. The number of Topliss-reactive ketones (excluding diaryl/α,β-unsaturated/α-hetero) is 1. The average molecular weight is 312 g/mol. The molecular formula is C22H32O. The van der Waals surface area contributed by atoms with Crippen LogP contribution in [0.3, 0.4) is 0 Å². The van der Waals surface area contributed by atoms with E-state index < -0.39 is 0 Å². The van der Waals surface area contributed by atoms with Gasteiger partial charge in [0.05, 0.1) is 0 Å². The van der Waals surface area contributed by atoms with Crippen LogP contribution in [0.5, 0.6) is 0 Å². The van der Waals surface area contributed by atoms with Gasteiger partial charge < -0.3 is 0 Å². The molecule has 4 aliphatic rings. The van der Waals surface area contributed by atoms with E-state index in [0.29, 0.717) is 17.1 Å². The van der Waals surface area contributed by atoms with Crippen molar-refractivity contribution in [3.8, 4) is 0 Å². The number of fused-ring (bicyclic) bond motifs is 5. The smallest absolute Gasteiger partial charge is 0.164 e. The minimum Gasteiger partial charge on any atom is -0.294 e. The molecule has 0 bridgehead atoms. The minimum atomic E-state index is -0.0653. The number of ketones is 1. The molecule has 0 amide bonds. The summed E-state index contributed by atoms with van der Waals surface area (Å²) in [6, 6.07) is 0. The highest BCUT2D eigenvalue weighted by molar-refractivity contribution is 6.03. The first kappa shape index (κ1) is 15.7. The Morgan fingerprint density at radius 2 is 1.87 bits per heavy atom. The van der Waals surface area contributed by atoms with Crippen LogP contribution in [0.1, 0.15) is 79.1 Å². The van der Waals surface area contributed by atoms with E-state index in [1.54, 1.807) is 5.57 Å². The standard InChI is InChI=1S/C22H32O/c1-14(2)17-13-19-16-9-8-15-7-5-6-11-21(15,3)18(16)10-12-22(19,4)20(17)23/h8,16,18-19H,5-7,9-13H2,1-4H3/t16-,18+,19+,21+,22+/m1/s1. The van der Waals surface area contributed by atoms with E-state index in [4.69, 9.17) is 0 Å². The van der Waals surface area contributed by atoms with Crippen molar-refractivity contribution in [1.29, 1.82) is 0 Å². The van der Waals surface area contributed by atoms with E-state index in [-0.39, 0.29) is 5.41 Å². The second-order valence-corrected chi connectivity index (χ2v) is 9.43. The Labute approximate surface area is 141 Å². The number of carbonyl (C=O) groups is 1. The summed E-state index contributed by atoms with van der Waals surface area (Å²) in [7, 11) is 0. The zero-order valence-electron chi connectivity index (χ0n) is 15.4. The summed E-state index contributed by atoms with van der Waals surface area (Å²) >= 11 is 0. The van der Waals surface area contributed by atoms with Crippen LogP contribution in [0.25, 0.3) is 0 Å². The molecule has 4 rings (SSSR count). The molecular weight excluding hydrogens is 280 g/mol. The van der Waals surface area contributed by atoms with Gasteiger partial charge in [0.15, 0.2) is 5.78 Å². The SMILES string of the molecule is CC(C)=C1C[C@H]2[C@@H]3CC=C4CCCC[C@]4(C)[C@H]3CC[C@]2(C)C1=O. The molecule has 0 aromatic heterocycles. The third-order valence-electron chi connectivity index (χ3n) is 8.23. The molecule has 4 aliphatic carbocycles. The molecule has 23 heavy (non-hydrogen) atoms. The number of hydrogen-bond acceptors (Lipinski definition) is 1. The molecule has 126 valence electrons. The van der Waals surface area contributed by atoms with Gasteiger partial charge in [0.2, 0.25) is 0 Å². The number of hydrogen-bond donors (Lipinski definition) is 0. The third kappa shape index (κ3) is 2.01. The maximum Gasteiger partial charge on any atom is 0.164 e. The van der Waals surface area contributed by atoms with Crippen molar-refractivity contribution in [2.75, 3.05) is 0 Å². The van der Waals surface area contributed by atoms with Crippen molar-refractivity contribution in [1.82, 2.24) is 0 Å². The Morgan fingerprint density at radius 3 is 2.61 bits per heavy atom. The van der Waals surface area contributed by atoms with Crippen LogP contribution < -0.4 is 0 Å². The van der Waals surface area contributed by atoms with Gasteiger partial charge in [0, 0.05) is 5.41 Å². The summed E-state index contributed by atoms with van der Waals surface area (Å²) in [6.07, 6.45) is 12.8. The van der Waals surface area contributed by atoms with E-state index in [2.05, 4.69) is 33.8 Å². The van der Waals surface area contributed by atoms with Gasteiger partial charge in [-0.25, -0.2) is 0 Å². The Hall–Kier alpha value is -0.850. The largest absolute Gasteiger partial charge is 0.294 e. The normalized spacial score (nSPS) is 45.9. The first-order chi connectivity index (χ1) is 10.9. The molecule has 0 radical (unpaired) electrons. The zero-order chi connectivity index (χ0) is 16.4. The van der Waals surface area contributed by atoms with E-state index in [0.717, 1.165) is 24.7 Å². The Morgan fingerprint density at radius 1 is 1.09 bits per heavy atom. The summed E-state index contributed by atoms with van der Waals surface area (Å²) < 4.78 is 0. The molecule has 1 heteroatoms. The van der Waals surface area contributed by atoms with Gasteiger partial charge in [-0.05, 0) is 87.5 Å². The fraction of sp³-hybridized carbons (Fsp3) is 0.773. The molecule has 0 N–H and O–H groups in total. The van der Waals surface area contributed by atoms with Crippen LogP contribution in [0.2, 0.25) is 0 Å². The quantitative estimate of drug-likeness (QED) is 0.405. The summed E-state index contributed by atoms with van der Waals surface area (Å²) in [5, 5.41) is 0. The Bertz CT molecular complexity index is 605. The van der Waals surface area contributed by atoms with Crippen molar-refractivity contribution in [3.63, 3.8) is 0 Å². The maximum absolute atomic E-state index is 13.1. The average Bonchev–Trinajstić information content (AvgIpc) is 2.79. The fourth-order valence-electron chi connectivity index (χ4n) is 6.77. The highest BCUT2D eigenvalue weighted by Crippen LogP contribution is 2.64. The second-order valence-electron chi connectivity index (χ2n) is 9.43. The number of allylic oxidation sites excluding steroid dienone is 4. The minimum absolute atomic E-state index is 0.0653. The van der Waals surface area contributed by atoms with E-state index in [9.17, 15) is 4.79 Å². The molecule has 0 unspecified atom stereocenters. The predicted octanol–water partition coefficient (Wildman–Crippen LogP) is 5.85. The molecule has 0 heterocycles. The van der Waals surface area contributed by atoms with Crippen LogP contribution in [0, 0.1) is 28.6 Å². The van der Waals surface area contributed by atoms with E-state index in [1.807, 2.05) is 0 Å². The van der Waals surface area contributed by atoms with Crippen molar-refractivity contribution < 1.29 is 4.79 Å². The lowest BCUT2D eigenvalue weighted by Gasteiger charge is -2.56. The first-order valence-electron chi connectivity index (χ1n) is 9.78. The van der Waals surface area contributed by atoms with Crippen LogP contribution in [0.15, 0.2) is 22.8 Å². The third-order valence-corrected chi connectivity index (χ3v) is 8.23. The van der Waals surface area contributed by atoms with Crippen LogP contribution >= 0.6 is 0 Å². The van der Waals surface area contributed by atoms with Crippen LogP contribution in [-0.2, 0) is 4.79 Å². The summed E-state index contributed by atoms with van der Waals surface area (Å²) in [5.74, 6) is 2.64. The Kier molecular flexibility index (Phi) is 3.45. The highest BCUT2D eigenvalue weighted by atomic mass is 16.1.